The van der Waals surface area contributed by atoms with Crippen LogP contribution in [-0.2, 0) is 16.0 Å². The zero-order chi connectivity index (χ0) is 18.7. The first-order valence-electron chi connectivity index (χ1n) is 9.23. The second kappa shape index (κ2) is 7.73. The van der Waals surface area contributed by atoms with E-state index in [-0.39, 0.29) is 18.4 Å². The molecule has 0 radical (unpaired) electrons. The number of hydrogen-bond donors (Lipinski definition) is 0. The van der Waals surface area contributed by atoms with E-state index in [1.807, 2.05) is 47.4 Å². The third kappa shape index (κ3) is 3.79. The molecule has 0 spiro atoms. The third-order valence-corrected chi connectivity index (χ3v) is 4.96. The molecule has 0 aromatic heterocycles. The normalized spacial score (nSPS) is 13.5. The van der Waals surface area contributed by atoms with Crippen LogP contribution in [0.2, 0.25) is 0 Å². The molecule has 0 fully saturated rings. The van der Waals surface area contributed by atoms with Crippen molar-refractivity contribution < 1.29 is 9.59 Å². The van der Waals surface area contributed by atoms with Crippen molar-refractivity contribution in [3.63, 3.8) is 0 Å². The van der Waals surface area contributed by atoms with Crippen molar-refractivity contribution in [2.75, 3.05) is 22.9 Å². The average molecular weight is 350 g/mol. The number of amides is 2. The lowest BCUT2D eigenvalue weighted by molar-refractivity contribution is -0.121. The summed E-state index contributed by atoms with van der Waals surface area (Å²) < 4.78 is 0. The van der Waals surface area contributed by atoms with Gasteiger partial charge in [0.25, 0.3) is 0 Å². The van der Waals surface area contributed by atoms with E-state index in [1.165, 1.54) is 18.1 Å². The lowest BCUT2D eigenvalue weighted by Gasteiger charge is -2.31. The Labute approximate surface area is 155 Å². The van der Waals surface area contributed by atoms with E-state index < -0.39 is 0 Å². The molecule has 1 aliphatic heterocycles. The Kier molecular flexibility index (Phi) is 5.40. The van der Waals surface area contributed by atoms with Crippen LogP contribution in [0.1, 0.15) is 44.2 Å². The van der Waals surface area contributed by atoms with Gasteiger partial charge in [0.05, 0.1) is 0 Å². The molecule has 3 rings (SSSR count). The van der Waals surface area contributed by atoms with E-state index in [0.29, 0.717) is 12.5 Å². The van der Waals surface area contributed by atoms with Gasteiger partial charge in [-0.25, -0.2) is 0 Å². The number of carbonyl (C=O) groups excluding carboxylic acids is 2. The summed E-state index contributed by atoms with van der Waals surface area (Å²) in [6, 6.07) is 15.9. The first-order valence-corrected chi connectivity index (χ1v) is 9.23. The van der Waals surface area contributed by atoms with Gasteiger partial charge in [0.2, 0.25) is 11.8 Å². The maximum Gasteiger partial charge on any atom is 0.247 e. The standard InChI is InChI=1S/C22H26N2O2/c1-16(2)18-10-12-20(13-11-18)24(17(3)25)15-22(26)23-14-6-8-19-7-4-5-9-21(19)23/h4-5,7,9-13,16H,6,8,14-15H2,1-3H3. The van der Waals surface area contributed by atoms with Crippen LogP contribution >= 0.6 is 0 Å². The fourth-order valence-corrected chi connectivity index (χ4v) is 3.44. The second-order valence-electron chi connectivity index (χ2n) is 7.13. The van der Waals surface area contributed by atoms with Crippen LogP contribution in [0.3, 0.4) is 0 Å². The molecule has 0 saturated heterocycles. The lowest BCUT2D eigenvalue weighted by atomic mass is 10.0. The van der Waals surface area contributed by atoms with E-state index in [0.717, 1.165) is 24.2 Å². The number of hydrogen-bond acceptors (Lipinski definition) is 2. The third-order valence-electron chi connectivity index (χ3n) is 4.96. The minimum absolute atomic E-state index is 0.0414. The van der Waals surface area contributed by atoms with Gasteiger partial charge >= 0.3 is 0 Å². The van der Waals surface area contributed by atoms with Crippen molar-refractivity contribution >= 4 is 23.2 Å². The summed E-state index contributed by atoms with van der Waals surface area (Å²) in [6.45, 7) is 6.54. The van der Waals surface area contributed by atoms with Crippen molar-refractivity contribution in [1.82, 2.24) is 0 Å². The van der Waals surface area contributed by atoms with Crippen LogP contribution < -0.4 is 9.80 Å². The molecule has 4 nitrogen and oxygen atoms in total. The quantitative estimate of drug-likeness (QED) is 0.831. The smallest absolute Gasteiger partial charge is 0.247 e. The molecule has 0 atom stereocenters. The molecular weight excluding hydrogens is 324 g/mol. The number of para-hydroxylation sites is 1. The Balaban J connectivity index is 1.81. The summed E-state index contributed by atoms with van der Waals surface area (Å²) >= 11 is 0. The SMILES string of the molecule is CC(=O)N(CC(=O)N1CCCc2ccccc21)c1ccc(C(C)C)cc1. The van der Waals surface area contributed by atoms with Crippen LogP contribution in [0.15, 0.2) is 48.5 Å². The van der Waals surface area contributed by atoms with Crippen molar-refractivity contribution in [2.24, 2.45) is 0 Å². The van der Waals surface area contributed by atoms with E-state index >= 15 is 0 Å². The fourth-order valence-electron chi connectivity index (χ4n) is 3.44. The number of carbonyl (C=O) groups is 2. The lowest BCUT2D eigenvalue weighted by Crippen LogP contribution is -2.44. The molecule has 0 unspecified atom stereocenters. The first-order chi connectivity index (χ1) is 12.5. The van der Waals surface area contributed by atoms with Gasteiger partial charge in [0, 0.05) is 24.8 Å². The summed E-state index contributed by atoms with van der Waals surface area (Å²) in [4.78, 5) is 28.5. The van der Waals surface area contributed by atoms with Crippen molar-refractivity contribution in [2.45, 2.75) is 39.5 Å². The van der Waals surface area contributed by atoms with E-state index in [2.05, 4.69) is 19.9 Å². The first kappa shape index (κ1) is 18.2. The summed E-state index contributed by atoms with van der Waals surface area (Å²) in [5, 5.41) is 0. The Morgan fingerprint density at radius 3 is 2.42 bits per heavy atom. The fraction of sp³-hybridized carbons (Fsp3) is 0.364. The van der Waals surface area contributed by atoms with Crippen molar-refractivity contribution in [3.05, 3.63) is 59.7 Å². The minimum Gasteiger partial charge on any atom is -0.311 e. The van der Waals surface area contributed by atoms with Gasteiger partial charge in [-0.2, -0.15) is 0 Å². The van der Waals surface area contributed by atoms with Crippen LogP contribution in [0.5, 0.6) is 0 Å². The van der Waals surface area contributed by atoms with Gasteiger partial charge in [-0.05, 0) is 48.1 Å². The van der Waals surface area contributed by atoms with Gasteiger partial charge < -0.3 is 9.80 Å². The number of aryl methyl sites for hydroxylation is 1. The molecule has 0 N–H and O–H groups in total. The number of anilines is 2. The molecule has 2 aromatic carbocycles. The van der Waals surface area contributed by atoms with E-state index in [9.17, 15) is 9.59 Å². The molecule has 0 aliphatic carbocycles. The zero-order valence-electron chi connectivity index (χ0n) is 15.7. The molecular formula is C22H26N2O2. The molecule has 1 aliphatic rings. The highest BCUT2D eigenvalue weighted by molar-refractivity contribution is 6.03. The predicted molar refractivity (Wildman–Crippen MR) is 106 cm³/mol. The average Bonchev–Trinajstić information content (AvgIpc) is 2.65. The number of rotatable bonds is 4. The largest absolute Gasteiger partial charge is 0.311 e. The molecule has 2 amide bonds. The minimum atomic E-state index is -0.124. The van der Waals surface area contributed by atoms with Crippen molar-refractivity contribution in [1.29, 1.82) is 0 Å². The van der Waals surface area contributed by atoms with Crippen LogP contribution in [0.4, 0.5) is 11.4 Å². The van der Waals surface area contributed by atoms with Gasteiger partial charge in [-0.1, -0.05) is 44.2 Å². The number of nitrogens with zero attached hydrogens (tertiary/aromatic N) is 2. The topological polar surface area (TPSA) is 40.6 Å². The van der Waals surface area contributed by atoms with Crippen LogP contribution in [0.25, 0.3) is 0 Å². The highest BCUT2D eigenvalue weighted by Gasteiger charge is 2.25. The van der Waals surface area contributed by atoms with Gasteiger partial charge in [-0.3, -0.25) is 9.59 Å². The van der Waals surface area contributed by atoms with Crippen molar-refractivity contribution in [3.8, 4) is 0 Å². The predicted octanol–water partition coefficient (Wildman–Crippen LogP) is 4.14. The summed E-state index contributed by atoms with van der Waals surface area (Å²) in [7, 11) is 0. The molecule has 26 heavy (non-hydrogen) atoms. The molecule has 136 valence electrons. The molecule has 0 saturated carbocycles. The second-order valence-corrected chi connectivity index (χ2v) is 7.13. The Hall–Kier alpha value is -2.62. The molecule has 0 bridgehead atoms. The van der Waals surface area contributed by atoms with Crippen LogP contribution in [0, 0.1) is 0 Å². The van der Waals surface area contributed by atoms with Crippen LogP contribution in [-0.4, -0.2) is 24.9 Å². The number of benzene rings is 2. The maximum absolute atomic E-state index is 13.0. The van der Waals surface area contributed by atoms with Gasteiger partial charge in [0.1, 0.15) is 6.54 Å². The molecule has 4 heteroatoms. The Morgan fingerprint density at radius 2 is 1.77 bits per heavy atom. The highest BCUT2D eigenvalue weighted by atomic mass is 16.2. The zero-order valence-corrected chi connectivity index (χ0v) is 15.7. The highest BCUT2D eigenvalue weighted by Crippen LogP contribution is 2.27. The van der Waals surface area contributed by atoms with E-state index in [1.54, 1.807) is 4.90 Å². The Bertz CT molecular complexity index is 796. The van der Waals surface area contributed by atoms with Gasteiger partial charge in [-0.15, -0.1) is 0 Å². The van der Waals surface area contributed by atoms with E-state index in [4.69, 9.17) is 0 Å². The summed E-state index contributed by atoms with van der Waals surface area (Å²) in [5.41, 5.74) is 4.15. The monoisotopic (exact) mass is 350 g/mol. The van der Waals surface area contributed by atoms with Gasteiger partial charge in [0.15, 0.2) is 0 Å². The molecule has 1 heterocycles. The Morgan fingerprint density at radius 1 is 1.08 bits per heavy atom. The summed E-state index contributed by atoms with van der Waals surface area (Å²) in [5.74, 6) is 0.266. The number of fused-ring (bicyclic) bond motifs is 1. The maximum atomic E-state index is 13.0. The molecule has 2 aromatic rings. The summed E-state index contributed by atoms with van der Waals surface area (Å²) in [6.07, 6.45) is 1.94.